The molecule has 0 saturated heterocycles. The van der Waals surface area contributed by atoms with Gasteiger partial charge in [0.25, 0.3) is 11.4 Å². The van der Waals surface area contributed by atoms with E-state index in [1.807, 2.05) is 19.9 Å². The van der Waals surface area contributed by atoms with Crippen molar-refractivity contribution in [2.75, 3.05) is 0 Å². The number of nitrogens with zero attached hydrogens (tertiary/aromatic N) is 2. The van der Waals surface area contributed by atoms with E-state index in [0.717, 1.165) is 23.8 Å². The fraction of sp³-hybridized carbons (Fsp3) is 0.200. The summed E-state index contributed by atoms with van der Waals surface area (Å²) in [4.78, 5) is 20.3. The molecule has 0 aliphatic heterocycles. The highest BCUT2D eigenvalue weighted by molar-refractivity contribution is 5.50. The quantitative estimate of drug-likeness (QED) is 0.601. The van der Waals surface area contributed by atoms with E-state index in [2.05, 4.69) is 0 Å². The maximum Gasteiger partial charge on any atom is 0.280 e. The van der Waals surface area contributed by atoms with E-state index in [1.54, 1.807) is 18.2 Å². The summed E-state index contributed by atoms with van der Waals surface area (Å²) in [6, 6.07) is 10.5. The second-order valence-electron chi connectivity index (χ2n) is 5.03. The molecule has 0 saturated carbocycles. The molecule has 0 fully saturated rings. The number of hydrogen-bond acceptors (Lipinski definition) is 5. The Bertz CT molecular complexity index is 695. The van der Waals surface area contributed by atoms with Crippen LogP contribution in [0.3, 0.4) is 0 Å². The first-order chi connectivity index (χ1) is 10.4. The molecule has 0 aliphatic rings. The van der Waals surface area contributed by atoms with Gasteiger partial charge in [-0.1, -0.05) is 26.0 Å². The Balaban J connectivity index is 2.38. The van der Waals surface area contributed by atoms with Crippen molar-refractivity contribution in [1.29, 1.82) is 0 Å². The third-order valence-corrected chi connectivity index (χ3v) is 3.06. The monoisotopic (exact) mass is 302 g/mol. The number of ether oxygens (including phenoxy) is 1. The Morgan fingerprint density at radius 1 is 0.909 bits per heavy atom. The van der Waals surface area contributed by atoms with Crippen molar-refractivity contribution in [3.63, 3.8) is 0 Å². The lowest BCUT2D eigenvalue weighted by Gasteiger charge is -2.09. The number of nitro benzene ring substituents is 2. The first-order valence-corrected chi connectivity index (χ1v) is 6.58. The lowest BCUT2D eigenvalue weighted by Crippen LogP contribution is -1.95. The minimum Gasteiger partial charge on any atom is -0.457 e. The Morgan fingerprint density at radius 3 is 2.00 bits per heavy atom. The van der Waals surface area contributed by atoms with Gasteiger partial charge < -0.3 is 4.74 Å². The smallest absolute Gasteiger partial charge is 0.280 e. The molecule has 0 spiro atoms. The van der Waals surface area contributed by atoms with E-state index < -0.39 is 9.85 Å². The molecule has 7 heteroatoms. The minimum atomic E-state index is -0.690. The Labute approximate surface area is 126 Å². The van der Waals surface area contributed by atoms with Gasteiger partial charge in [-0.3, -0.25) is 20.2 Å². The molecule has 0 N–H and O–H groups in total. The fourth-order valence-electron chi connectivity index (χ4n) is 1.91. The van der Waals surface area contributed by atoms with Gasteiger partial charge >= 0.3 is 0 Å². The summed E-state index contributed by atoms with van der Waals surface area (Å²) in [5, 5.41) is 21.7. The predicted molar refractivity (Wildman–Crippen MR) is 80.4 cm³/mol. The Kier molecular flexibility index (Phi) is 4.36. The SMILES string of the molecule is CC(C)c1cccc(Oc2cc([N+](=O)[O-])cc([N+](=O)[O-])c2)c1. The van der Waals surface area contributed by atoms with Gasteiger partial charge in [-0.25, -0.2) is 0 Å². The zero-order chi connectivity index (χ0) is 16.3. The molecule has 0 heterocycles. The molecule has 7 nitrogen and oxygen atoms in total. The molecule has 0 amide bonds. The van der Waals surface area contributed by atoms with Crippen LogP contribution in [0.5, 0.6) is 11.5 Å². The second kappa shape index (κ2) is 6.21. The van der Waals surface area contributed by atoms with Crippen molar-refractivity contribution in [3.05, 3.63) is 68.3 Å². The van der Waals surface area contributed by atoms with Crippen molar-refractivity contribution >= 4 is 11.4 Å². The van der Waals surface area contributed by atoms with Crippen LogP contribution in [0, 0.1) is 20.2 Å². The van der Waals surface area contributed by atoms with Gasteiger partial charge in [-0.15, -0.1) is 0 Å². The topological polar surface area (TPSA) is 95.5 Å². The van der Waals surface area contributed by atoms with Gasteiger partial charge in [0.15, 0.2) is 0 Å². The van der Waals surface area contributed by atoms with E-state index in [-0.39, 0.29) is 17.1 Å². The first kappa shape index (κ1) is 15.4. The normalized spacial score (nSPS) is 10.5. The zero-order valence-electron chi connectivity index (χ0n) is 12.1. The summed E-state index contributed by atoms with van der Waals surface area (Å²) in [6.07, 6.45) is 0. The van der Waals surface area contributed by atoms with Crippen molar-refractivity contribution in [2.45, 2.75) is 19.8 Å². The minimum absolute atomic E-state index is 0.0572. The van der Waals surface area contributed by atoms with Crippen molar-refractivity contribution in [3.8, 4) is 11.5 Å². The molecule has 0 atom stereocenters. The van der Waals surface area contributed by atoms with Crippen LogP contribution in [0.25, 0.3) is 0 Å². The van der Waals surface area contributed by atoms with Crippen LogP contribution in [-0.4, -0.2) is 9.85 Å². The third kappa shape index (κ3) is 3.57. The Morgan fingerprint density at radius 2 is 1.50 bits per heavy atom. The molecule has 0 bridgehead atoms. The second-order valence-corrected chi connectivity index (χ2v) is 5.03. The molecule has 0 aliphatic carbocycles. The van der Waals surface area contributed by atoms with Crippen molar-refractivity contribution in [1.82, 2.24) is 0 Å². The zero-order valence-corrected chi connectivity index (χ0v) is 12.1. The largest absolute Gasteiger partial charge is 0.457 e. The van der Waals surface area contributed by atoms with Crippen LogP contribution in [0.2, 0.25) is 0 Å². The molecule has 2 aromatic carbocycles. The summed E-state index contributed by atoms with van der Waals surface area (Å²) in [5.74, 6) is 0.825. The Hall–Kier alpha value is -2.96. The maximum absolute atomic E-state index is 10.9. The molecule has 0 radical (unpaired) electrons. The molecule has 114 valence electrons. The van der Waals surface area contributed by atoms with Gasteiger partial charge in [0, 0.05) is 0 Å². The van der Waals surface area contributed by atoms with Crippen LogP contribution in [0.1, 0.15) is 25.3 Å². The highest BCUT2D eigenvalue weighted by Gasteiger charge is 2.17. The molecule has 2 rings (SSSR count). The number of nitro groups is 2. The van der Waals surface area contributed by atoms with Gasteiger partial charge in [0.05, 0.1) is 28.0 Å². The molecule has 2 aromatic rings. The fourth-order valence-corrected chi connectivity index (χ4v) is 1.91. The van der Waals surface area contributed by atoms with Crippen LogP contribution < -0.4 is 4.74 Å². The van der Waals surface area contributed by atoms with Gasteiger partial charge in [0.2, 0.25) is 0 Å². The summed E-state index contributed by atoms with van der Waals surface area (Å²) >= 11 is 0. The summed E-state index contributed by atoms with van der Waals surface area (Å²) in [5.41, 5.74) is 0.269. The number of non-ortho nitro benzene ring substituents is 2. The average Bonchev–Trinajstić information content (AvgIpc) is 2.47. The summed E-state index contributed by atoms with van der Waals surface area (Å²) < 4.78 is 5.54. The van der Waals surface area contributed by atoms with Crippen molar-refractivity contribution in [2.24, 2.45) is 0 Å². The van der Waals surface area contributed by atoms with E-state index in [1.165, 1.54) is 0 Å². The molecular formula is C15H14N2O5. The van der Waals surface area contributed by atoms with Crippen LogP contribution >= 0.6 is 0 Å². The third-order valence-electron chi connectivity index (χ3n) is 3.06. The average molecular weight is 302 g/mol. The van der Waals surface area contributed by atoms with Crippen LogP contribution in [0.4, 0.5) is 11.4 Å². The van der Waals surface area contributed by atoms with E-state index in [4.69, 9.17) is 4.74 Å². The highest BCUT2D eigenvalue weighted by atomic mass is 16.6. The van der Waals surface area contributed by atoms with Gasteiger partial charge in [-0.05, 0) is 23.6 Å². The van der Waals surface area contributed by atoms with Crippen molar-refractivity contribution < 1.29 is 14.6 Å². The van der Waals surface area contributed by atoms with Crippen LogP contribution in [0.15, 0.2) is 42.5 Å². The predicted octanol–water partition coefficient (Wildman–Crippen LogP) is 4.42. The van der Waals surface area contributed by atoms with E-state index in [0.29, 0.717) is 11.7 Å². The lowest BCUT2D eigenvalue weighted by atomic mass is 10.0. The molecule has 0 unspecified atom stereocenters. The van der Waals surface area contributed by atoms with E-state index >= 15 is 0 Å². The molecule has 0 aromatic heterocycles. The summed E-state index contributed by atoms with van der Waals surface area (Å²) in [7, 11) is 0. The number of benzene rings is 2. The number of rotatable bonds is 5. The van der Waals surface area contributed by atoms with Crippen LogP contribution in [-0.2, 0) is 0 Å². The van der Waals surface area contributed by atoms with Gasteiger partial charge in [-0.2, -0.15) is 0 Å². The number of hydrogen-bond donors (Lipinski definition) is 0. The standard InChI is InChI=1S/C15H14N2O5/c1-10(2)11-4-3-5-14(6-11)22-15-8-12(16(18)19)7-13(9-15)17(20)21/h3-10H,1-2H3. The molecular weight excluding hydrogens is 288 g/mol. The summed E-state index contributed by atoms with van der Waals surface area (Å²) in [6.45, 7) is 4.05. The maximum atomic E-state index is 10.9. The van der Waals surface area contributed by atoms with Gasteiger partial charge in [0.1, 0.15) is 11.5 Å². The highest BCUT2D eigenvalue weighted by Crippen LogP contribution is 2.31. The lowest BCUT2D eigenvalue weighted by molar-refractivity contribution is -0.394. The van der Waals surface area contributed by atoms with E-state index in [9.17, 15) is 20.2 Å². The first-order valence-electron chi connectivity index (χ1n) is 6.58. The molecule has 22 heavy (non-hydrogen) atoms.